The zero-order valence-electron chi connectivity index (χ0n) is 26.4. The third-order valence-electron chi connectivity index (χ3n) is 8.81. The highest BCUT2D eigenvalue weighted by Gasteiger charge is 2.25. The minimum Gasteiger partial charge on any atom is -0.384 e. The topological polar surface area (TPSA) is 120 Å². The molecule has 0 radical (unpaired) electrons. The molecule has 0 amide bonds. The van der Waals surface area contributed by atoms with E-state index in [0.29, 0.717) is 55.4 Å². The minimum atomic E-state index is -1.17. The van der Waals surface area contributed by atoms with Crippen LogP contribution in [-0.4, -0.2) is 29.6 Å². The van der Waals surface area contributed by atoms with Gasteiger partial charge in [0.2, 0.25) is 0 Å². The number of aryl methyl sites for hydroxylation is 1. The van der Waals surface area contributed by atoms with Crippen LogP contribution in [0.3, 0.4) is 0 Å². The normalized spacial score (nSPS) is 12.5. The van der Waals surface area contributed by atoms with Crippen molar-refractivity contribution in [2.75, 3.05) is 0 Å². The Morgan fingerprint density at radius 3 is 2.60 bits per heavy atom. The second-order valence-corrected chi connectivity index (χ2v) is 12.4. The fourth-order valence-electron chi connectivity index (χ4n) is 6.35. The molecule has 10 heteroatoms. The summed E-state index contributed by atoms with van der Waals surface area (Å²) in [6, 6.07) is 18.8. The predicted molar refractivity (Wildman–Crippen MR) is 181 cm³/mol. The number of aromatic nitrogens is 5. The van der Waals surface area contributed by atoms with E-state index in [0.717, 1.165) is 5.39 Å². The van der Waals surface area contributed by atoms with Crippen LogP contribution in [0.1, 0.15) is 50.2 Å². The lowest BCUT2D eigenvalue weighted by molar-refractivity contribution is 0.0739. The highest BCUT2D eigenvalue weighted by atomic mass is 19.1. The number of H-pyrrole nitrogens is 1. The molecule has 8 nitrogen and oxygen atoms in total. The molecular formula is C38H30F2N6O2. The van der Waals surface area contributed by atoms with Gasteiger partial charge in [0.1, 0.15) is 16.9 Å². The summed E-state index contributed by atoms with van der Waals surface area (Å²) in [5, 5.41) is 22.5. The lowest BCUT2D eigenvalue weighted by Crippen LogP contribution is -2.23. The van der Waals surface area contributed by atoms with E-state index in [2.05, 4.69) is 21.0 Å². The van der Waals surface area contributed by atoms with Crippen molar-refractivity contribution in [1.29, 1.82) is 5.26 Å². The minimum absolute atomic E-state index is 0.0790. The van der Waals surface area contributed by atoms with Crippen molar-refractivity contribution in [3.63, 3.8) is 0 Å². The third kappa shape index (κ3) is 5.28. The van der Waals surface area contributed by atoms with Crippen LogP contribution >= 0.6 is 0 Å². The predicted octanol–water partition coefficient (Wildman–Crippen LogP) is 7.73. The van der Waals surface area contributed by atoms with Gasteiger partial charge in [-0.25, -0.2) is 13.8 Å². The van der Waals surface area contributed by atoms with Crippen molar-refractivity contribution in [2.24, 2.45) is 0 Å². The average Bonchev–Trinajstić information content (AvgIpc) is 3.53. The lowest BCUT2D eigenvalue weighted by atomic mass is 9.90. The molecule has 4 heterocycles. The van der Waals surface area contributed by atoms with Gasteiger partial charge in [-0.2, -0.15) is 5.26 Å². The van der Waals surface area contributed by atoms with Gasteiger partial charge in [0.25, 0.3) is 5.56 Å². The Hall–Kier alpha value is -5.79. The van der Waals surface area contributed by atoms with Gasteiger partial charge in [0.15, 0.2) is 5.82 Å². The first kappa shape index (κ1) is 30.8. The molecule has 0 spiro atoms. The van der Waals surface area contributed by atoms with Crippen molar-refractivity contribution in [2.45, 2.75) is 45.3 Å². The van der Waals surface area contributed by atoms with E-state index in [-0.39, 0.29) is 29.5 Å². The van der Waals surface area contributed by atoms with Crippen molar-refractivity contribution < 1.29 is 13.9 Å². The standard InChI is InChI=1S/C38H30F2N6O2/c1-21(46-15-14-42-20-32(46)47)30-18-29-35(24-10-12-31(43-19-24)38(2,3)48)45-37-28(36(29)44-30)16-23(7-5-13-41)33(34(37)40)26-8-4-6-22-9-11-25(39)17-27(22)26/h4,6,8-12,14-21,44,48H,5,7H2,1-3H3. The van der Waals surface area contributed by atoms with Crippen molar-refractivity contribution in [3.8, 4) is 28.5 Å². The van der Waals surface area contributed by atoms with Gasteiger partial charge in [0.05, 0.1) is 35.2 Å². The van der Waals surface area contributed by atoms with Crippen molar-refractivity contribution in [1.82, 2.24) is 24.5 Å². The summed E-state index contributed by atoms with van der Waals surface area (Å²) in [6.45, 7) is 5.16. The molecule has 4 aromatic heterocycles. The van der Waals surface area contributed by atoms with Gasteiger partial charge in [-0.1, -0.05) is 24.3 Å². The molecule has 7 aromatic rings. The second-order valence-electron chi connectivity index (χ2n) is 12.4. The van der Waals surface area contributed by atoms with Crippen LogP contribution in [0.15, 0.2) is 90.2 Å². The number of hydrogen-bond acceptors (Lipinski definition) is 6. The number of aliphatic hydroxyl groups is 1. The first-order chi connectivity index (χ1) is 23.0. The molecule has 7 rings (SSSR count). The number of aromatic amines is 1. The molecule has 0 aliphatic carbocycles. The Morgan fingerprint density at radius 1 is 1.04 bits per heavy atom. The Kier molecular flexibility index (Phi) is 7.57. The molecule has 0 aliphatic rings. The second kappa shape index (κ2) is 11.8. The summed E-state index contributed by atoms with van der Waals surface area (Å²) in [7, 11) is 0. The molecule has 0 saturated carbocycles. The van der Waals surface area contributed by atoms with Crippen LogP contribution in [0.2, 0.25) is 0 Å². The van der Waals surface area contributed by atoms with Gasteiger partial charge in [-0.15, -0.1) is 0 Å². The van der Waals surface area contributed by atoms with E-state index in [1.807, 2.05) is 25.1 Å². The van der Waals surface area contributed by atoms with Crippen LogP contribution in [0.25, 0.3) is 55.0 Å². The summed E-state index contributed by atoms with van der Waals surface area (Å²) < 4.78 is 33.3. The number of pyridine rings is 2. The highest BCUT2D eigenvalue weighted by molar-refractivity contribution is 6.11. The molecule has 238 valence electrons. The maximum absolute atomic E-state index is 17.2. The third-order valence-corrected chi connectivity index (χ3v) is 8.81. The Morgan fingerprint density at radius 2 is 1.88 bits per heavy atom. The highest BCUT2D eigenvalue weighted by Crippen LogP contribution is 2.41. The SMILES string of the molecule is CC(c1cc2c(-c3ccc(C(C)(C)O)nc3)nc3c(F)c(-c4cccc5ccc(F)cc45)c(CCC#N)cc3c2[nH]1)n1ccncc1=O. The van der Waals surface area contributed by atoms with Crippen LogP contribution in [0.4, 0.5) is 8.78 Å². The molecule has 2 N–H and O–H groups in total. The van der Waals surface area contributed by atoms with Crippen LogP contribution in [0, 0.1) is 23.0 Å². The Labute approximate surface area is 274 Å². The molecule has 0 aliphatic heterocycles. The maximum atomic E-state index is 17.2. The van der Waals surface area contributed by atoms with Crippen molar-refractivity contribution in [3.05, 3.63) is 124 Å². The van der Waals surface area contributed by atoms with Gasteiger partial charge < -0.3 is 14.7 Å². The van der Waals surface area contributed by atoms with Crippen LogP contribution in [-0.2, 0) is 12.0 Å². The first-order valence-corrected chi connectivity index (χ1v) is 15.5. The van der Waals surface area contributed by atoms with E-state index in [1.54, 1.807) is 61.1 Å². The summed E-state index contributed by atoms with van der Waals surface area (Å²) in [4.78, 5) is 29.5. The van der Waals surface area contributed by atoms with Gasteiger partial charge in [0, 0.05) is 52.6 Å². The lowest BCUT2D eigenvalue weighted by Gasteiger charge is -2.17. The van der Waals surface area contributed by atoms with Gasteiger partial charge in [-0.3, -0.25) is 14.8 Å². The number of fused-ring (bicyclic) bond motifs is 4. The molecular weight excluding hydrogens is 610 g/mol. The number of hydrogen-bond donors (Lipinski definition) is 2. The molecule has 1 unspecified atom stereocenters. The Balaban J connectivity index is 1.56. The maximum Gasteiger partial charge on any atom is 0.269 e. The van der Waals surface area contributed by atoms with E-state index in [1.165, 1.54) is 24.5 Å². The smallest absolute Gasteiger partial charge is 0.269 e. The van der Waals surface area contributed by atoms with Gasteiger partial charge >= 0.3 is 0 Å². The van der Waals surface area contributed by atoms with Crippen LogP contribution < -0.4 is 5.56 Å². The number of halogens is 2. The summed E-state index contributed by atoms with van der Waals surface area (Å²) in [5.74, 6) is -1.05. The summed E-state index contributed by atoms with van der Waals surface area (Å²) in [6.07, 6.45) is 6.38. The molecule has 48 heavy (non-hydrogen) atoms. The quantitative estimate of drug-likeness (QED) is 0.184. The molecule has 0 bridgehead atoms. The van der Waals surface area contributed by atoms with Gasteiger partial charge in [-0.05, 0) is 85.5 Å². The number of rotatable bonds is 7. The fourth-order valence-corrected chi connectivity index (χ4v) is 6.35. The first-order valence-electron chi connectivity index (χ1n) is 15.5. The molecule has 3 aromatic carbocycles. The molecule has 0 saturated heterocycles. The van der Waals surface area contributed by atoms with Crippen molar-refractivity contribution >= 4 is 32.6 Å². The monoisotopic (exact) mass is 640 g/mol. The zero-order valence-corrected chi connectivity index (χ0v) is 26.4. The number of benzene rings is 3. The van der Waals surface area contributed by atoms with Crippen LogP contribution in [0.5, 0.6) is 0 Å². The number of nitrogens with zero attached hydrogens (tertiary/aromatic N) is 5. The average molecular weight is 641 g/mol. The summed E-state index contributed by atoms with van der Waals surface area (Å²) in [5.41, 5.74) is 2.75. The van der Waals surface area contributed by atoms with E-state index < -0.39 is 23.3 Å². The van der Waals surface area contributed by atoms with E-state index >= 15 is 4.39 Å². The summed E-state index contributed by atoms with van der Waals surface area (Å²) >= 11 is 0. The molecule has 1 atom stereocenters. The Bertz CT molecular complexity index is 2470. The fraction of sp³-hybridized carbons (Fsp3) is 0.184. The number of nitriles is 1. The number of nitrogens with one attached hydrogen (secondary N) is 1. The zero-order chi connectivity index (χ0) is 33.7. The molecule has 0 fully saturated rings. The van der Waals surface area contributed by atoms with E-state index in [9.17, 15) is 19.6 Å². The largest absolute Gasteiger partial charge is 0.384 e. The van der Waals surface area contributed by atoms with E-state index in [4.69, 9.17) is 4.98 Å².